The summed E-state index contributed by atoms with van der Waals surface area (Å²) < 4.78 is 34.6. The van der Waals surface area contributed by atoms with Crippen molar-refractivity contribution in [3.05, 3.63) is 0 Å². The normalized spacial score (nSPS) is 13.5. The lowest BCUT2D eigenvalue weighted by atomic mass is 10.1. The van der Waals surface area contributed by atoms with Gasteiger partial charge in [-0.2, -0.15) is 31.9 Å². The Bertz CT molecular complexity index is 396. The Morgan fingerprint density at radius 2 is 1.45 bits per heavy atom. The van der Waals surface area contributed by atoms with Crippen molar-refractivity contribution in [1.29, 1.82) is 0 Å². The first-order chi connectivity index (χ1) is 10.0. The Morgan fingerprint density at radius 3 is 1.91 bits per heavy atom. The van der Waals surface area contributed by atoms with Crippen LogP contribution in [0.3, 0.4) is 0 Å². The molecule has 22 heavy (non-hydrogen) atoms. The molecule has 0 aliphatic heterocycles. The van der Waals surface area contributed by atoms with E-state index in [1.54, 1.807) is 11.8 Å². The van der Waals surface area contributed by atoms with Crippen LogP contribution >= 0.6 is 35.6 Å². The highest BCUT2D eigenvalue weighted by Crippen LogP contribution is 2.30. The Kier molecular flexibility index (Phi) is 11.1. The van der Waals surface area contributed by atoms with Crippen molar-refractivity contribution in [1.82, 2.24) is 0 Å². The molecule has 0 aliphatic carbocycles. The minimum atomic E-state index is -3.99. The second kappa shape index (κ2) is 10.7. The Hall–Kier alpha value is 0.840. The van der Waals surface area contributed by atoms with E-state index in [2.05, 4.69) is 9.37 Å². The van der Waals surface area contributed by atoms with Crippen molar-refractivity contribution in [2.75, 3.05) is 23.0 Å². The van der Waals surface area contributed by atoms with Crippen LogP contribution in [0.25, 0.3) is 0 Å². The molecule has 2 N–H and O–H groups in total. The van der Waals surface area contributed by atoms with Crippen LogP contribution in [0.4, 0.5) is 0 Å². The summed E-state index contributed by atoms with van der Waals surface area (Å²) in [6, 6.07) is 0. The molecule has 0 aromatic carbocycles. The summed E-state index contributed by atoms with van der Waals surface area (Å²) >= 11 is 4.59. The van der Waals surface area contributed by atoms with Gasteiger partial charge in [-0.15, -0.1) is 4.33 Å². The van der Waals surface area contributed by atoms with Gasteiger partial charge in [-0.25, -0.2) is 5.26 Å². The number of hydrogen-bond donors (Lipinski definition) is 2. The van der Waals surface area contributed by atoms with Crippen LogP contribution in [-0.2, 0) is 19.5 Å². The molecule has 0 atom stereocenters. The molecular weight excluding hydrogens is 368 g/mol. The third-order valence-electron chi connectivity index (χ3n) is 3.06. The summed E-state index contributed by atoms with van der Waals surface area (Å²) in [7, 11) is -3.99. The van der Waals surface area contributed by atoms with Crippen molar-refractivity contribution in [3.8, 4) is 0 Å². The molecule has 0 aromatic heterocycles. The maximum absolute atomic E-state index is 11.1. The second-order valence-electron chi connectivity index (χ2n) is 5.95. The molecule has 0 bridgehead atoms. The standard InChI is InChI=1S/C12H26O6S4/c1-11(2,21-18-17-13)5-7-19-9-10-20-8-6-12(3,4)22(14,15)16/h13H,5-10H2,1-4H3,(H,14,15,16). The van der Waals surface area contributed by atoms with Crippen LogP contribution in [0.15, 0.2) is 0 Å². The lowest BCUT2D eigenvalue weighted by molar-refractivity contribution is -0.432. The minimum absolute atomic E-state index is 0.137. The van der Waals surface area contributed by atoms with Crippen LogP contribution in [-0.4, -0.2) is 50.7 Å². The SMILES string of the molecule is CC(C)(CCSCCSCCC(C)(C)S(=O)(=O)O)SOOO. The first kappa shape index (κ1) is 22.8. The summed E-state index contributed by atoms with van der Waals surface area (Å²) in [5.74, 6) is 3.59. The molecule has 0 aromatic rings. The van der Waals surface area contributed by atoms with E-state index in [1.807, 2.05) is 25.6 Å². The molecule has 0 amide bonds. The van der Waals surface area contributed by atoms with E-state index in [9.17, 15) is 8.42 Å². The van der Waals surface area contributed by atoms with Crippen LogP contribution in [0, 0.1) is 0 Å². The van der Waals surface area contributed by atoms with Gasteiger partial charge in [-0.3, -0.25) is 4.55 Å². The van der Waals surface area contributed by atoms with E-state index in [1.165, 1.54) is 13.8 Å². The lowest BCUT2D eigenvalue weighted by Crippen LogP contribution is -2.31. The zero-order valence-electron chi connectivity index (χ0n) is 13.4. The molecule has 0 aliphatic rings. The molecule has 0 saturated heterocycles. The van der Waals surface area contributed by atoms with E-state index < -0.39 is 14.9 Å². The molecule has 0 radical (unpaired) electrons. The van der Waals surface area contributed by atoms with Gasteiger partial charge in [0.05, 0.1) is 4.75 Å². The highest BCUT2D eigenvalue weighted by Gasteiger charge is 2.31. The fourth-order valence-electron chi connectivity index (χ4n) is 1.24. The molecule has 0 heterocycles. The molecule has 0 rings (SSSR count). The maximum atomic E-state index is 11.1. The van der Waals surface area contributed by atoms with Crippen molar-refractivity contribution in [2.24, 2.45) is 0 Å². The highest BCUT2D eigenvalue weighted by atomic mass is 32.2. The highest BCUT2D eigenvalue weighted by molar-refractivity contribution is 8.03. The van der Waals surface area contributed by atoms with Crippen LogP contribution in [0.2, 0.25) is 0 Å². The largest absolute Gasteiger partial charge is 0.285 e. The third-order valence-corrected chi connectivity index (χ3v) is 7.67. The zero-order valence-corrected chi connectivity index (χ0v) is 16.7. The van der Waals surface area contributed by atoms with Gasteiger partial charge in [-0.1, -0.05) is 5.04 Å². The van der Waals surface area contributed by atoms with E-state index in [4.69, 9.17) is 9.81 Å². The van der Waals surface area contributed by atoms with Gasteiger partial charge in [0.25, 0.3) is 10.1 Å². The van der Waals surface area contributed by atoms with Gasteiger partial charge in [0, 0.05) is 28.3 Å². The predicted molar refractivity (Wildman–Crippen MR) is 96.0 cm³/mol. The van der Waals surface area contributed by atoms with Crippen molar-refractivity contribution in [2.45, 2.75) is 50.0 Å². The molecule has 6 nitrogen and oxygen atoms in total. The van der Waals surface area contributed by atoms with Gasteiger partial charge in [0.15, 0.2) is 0 Å². The summed E-state index contributed by atoms with van der Waals surface area (Å²) in [5, 5.41) is 11.7. The summed E-state index contributed by atoms with van der Waals surface area (Å²) in [4.78, 5) is 0. The molecular formula is C12H26O6S4. The Balaban J connectivity index is 3.63. The molecule has 134 valence electrons. The lowest BCUT2D eigenvalue weighted by Gasteiger charge is -2.21. The third kappa shape index (κ3) is 10.6. The maximum Gasteiger partial charge on any atom is 0.270 e. The van der Waals surface area contributed by atoms with E-state index in [0.29, 0.717) is 12.2 Å². The van der Waals surface area contributed by atoms with E-state index >= 15 is 0 Å². The van der Waals surface area contributed by atoms with Crippen LogP contribution < -0.4 is 0 Å². The van der Waals surface area contributed by atoms with Gasteiger partial charge >= 0.3 is 0 Å². The molecule has 0 spiro atoms. The van der Waals surface area contributed by atoms with Crippen LogP contribution in [0.5, 0.6) is 0 Å². The van der Waals surface area contributed by atoms with Crippen molar-refractivity contribution < 1.29 is 27.6 Å². The summed E-state index contributed by atoms with van der Waals surface area (Å²) in [5.41, 5.74) is 0. The minimum Gasteiger partial charge on any atom is -0.285 e. The number of hydrogen-bond acceptors (Lipinski definition) is 8. The quantitative estimate of drug-likeness (QED) is 0.159. The van der Waals surface area contributed by atoms with Gasteiger partial charge in [-0.05, 0) is 52.0 Å². The summed E-state index contributed by atoms with van der Waals surface area (Å²) in [6.07, 6.45) is 1.34. The molecule has 0 unspecified atom stereocenters. The van der Waals surface area contributed by atoms with Gasteiger partial charge < -0.3 is 0 Å². The molecule has 0 saturated carbocycles. The van der Waals surface area contributed by atoms with E-state index in [0.717, 1.165) is 35.7 Å². The van der Waals surface area contributed by atoms with Gasteiger partial charge in [0.2, 0.25) is 0 Å². The number of rotatable bonds is 13. The zero-order chi connectivity index (χ0) is 17.3. The van der Waals surface area contributed by atoms with Crippen molar-refractivity contribution in [3.63, 3.8) is 0 Å². The topological polar surface area (TPSA) is 93.1 Å². The second-order valence-corrected chi connectivity index (χ2v) is 11.9. The Labute approximate surface area is 146 Å². The Morgan fingerprint density at radius 1 is 0.955 bits per heavy atom. The molecule has 10 heteroatoms. The first-order valence-corrected chi connectivity index (χ1v) is 11.3. The van der Waals surface area contributed by atoms with E-state index in [-0.39, 0.29) is 4.75 Å². The monoisotopic (exact) mass is 394 g/mol. The fraction of sp³-hybridized carbons (Fsp3) is 1.00. The molecule has 0 fully saturated rings. The smallest absolute Gasteiger partial charge is 0.270 e. The fourth-order valence-corrected chi connectivity index (χ4v) is 4.91. The van der Waals surface area contributed by atoms with Gasteiger partial charge in [0.1, 0.15) is 0 Å². The number of thioether (sulfide) groups is 2. The predicted octanol–water partition coefficient (Wildman–Crippen LogP) is 3.75. The van der Waals surface area contributed by atoms with Crippen LogP contribution in [0.1, 0.15) is 40.5 Å². The average Bonchev–Trinajstić information content (AvgIpc) is 2.38. The summed E-state index contributed by atoms with van der Waals surface area (Å²) in [6.45, 7) is 7.08. The average molecular weight is 395 g/mol. The van der Waals surface area contributed by atoms with Crippen molar-refractivity contribution >= 4 is 45.7 Å². The first-order valence-electron chi connectivity index (χ1n) is 6.80.